The lowest BCUT2D eigenvalue weighted by Crippen LogP contribution is -2.37. The summed E-state index contributed by atoms with van der Waals surface area (Å²) >= 11 is 0. The summed E-state index contributed by atoms with van der Waals surface area (Å²) in [7, 11) is 0. The Kier molecular flexibility index (Phi) is 2.62. The van der Waals surface area contributed by atoms with Gasteiger partial charge in [0.25, 0.3) is 0 Å². The highest BCUT2D eigenvalue weighted by molar-refractivity contribution is 4.71. The standard InChI is InChI=1S/C6H12O4/c7-3-5-1-4(8)2-6(9)10-5/h4-9H,1-3H2/t4?,5?,6-/m1/s1. The number of hydrogen-bond acceptors (Lipinski definition) is 4. The zero-order valence-corrected chi connectivity index (χ0v) is 5.60. The van der Waals surface area contributed by atoms with Gasteiger partial charge in [0, 0.05) is 12.8 Å². The van der Waals surface area contributed by atoms with Crippen molar-refractivity contribution in [1.82, 2.24) is 0 Å². The van der Waals surface area contributed by atoms with Crippen LogP contribution in [0.4, 0.5) is 0 Å². The van der Waals surface area contributed by atoms with Crippen molar-refractivity contribution in [3.05, 3.63) is 0 Å². The van der Waals surface area contributed by atoms with Gasteiger partial charge in [0.15, 0.2) is 6.29 Å². The van der Waals surface area contributed by atoms with Crippen molar-refractivity contribution >= 4 is 0 Å². The SMILES string of the molecule is OCC1CC(O)C[C@H](O)O1. The van der Waals surface area contributed by atoms with E-state index in [1.165, 1.54) is 0 Å². The first-order valence-corrected chi connectivity index (χ1v) is 3.35. The van der Waals surface area contributed by atoms with Gasteiger partial charge >= 0.3 is 0 Å². The fourth-order valence-corrected chi connectivity index (χ4v) is 1.08. The van der Waals surface area contributed by atoms with Crippen LogP contribution in [-0.4, -0.2) is 40.4 Å². The van der Waals surface area contributed by atoms with Crippen LogP contribution in [-0.2, 0) is 4.74 Å². The predicted octanol–water partition coefficient (Wildman–Crippen LogP) is -1.16. The number of ether oxygens (including phenoxy) is 1. The lowest BCUT2D eigenvalue weighted by molar-refractivity contribution is -0.197. The molecule has 0 spiro atoms. The largest absolute Gasteiger partial charge is 0.394 e. The Bertz CT molecular complexity index is 95.9. The zero-order chi connectivity index (χ0) is 7.56. The second kappa shape index (κ2) is 3.30. The Morgan fingerprint density at radius 2 is 2.00 bits per heavy atom. The van der Waals surface area contributed by atoms with Crippen molar-refractivity contribution in [3.8, 4) is 0 Å². The molecular formula is C6H12O4. The van der Waals surface area contributed by atoms with Crippen LogP contribution in [0.25, 0.3) is 0 Å². The lowest BCUT2D eigenvalue weighted by atomic mass is 10.1. The molecule has 1 saturated heterocycles. The Morgan fingerprint density at radius 3 is 2.50 bits per heavy atom. The first-order valence-electron chi connectivity index (χ1n) is 3.35. The summed E-state index contributed by atoms with van der Waals surface area (Å²) in [6.45, 7) is -0.145. The average Bonchev–Trinajstić information content (AvgIpc) is 1.85. The molecule has 10 heavy (non-hydrogen) atoms. The Labute approximate surface area is 59.1 Å². The van der Waals surface area contributed by atoms with E-state index in [0.29, 0.717) is 6.42 Å². The smallest absolute Gasteiger partial charge is 0.157 e. The molecule has 1 fully saturated rings. The van der Waals surface area contributed by atoms with E-state index in [0.717, 1.165) is 0 Å². The summed E-state index contributed by atoms with van der Waals surface area (Å²) in [6, 6.07) is 0. The molecule has 3 N–H and O–H groups in total. The second-order valence-electron chi connectivity index (χ2n) is 2.52. The molecule has 0 radical (unpaired) electrons. The second-order valence-corrected chi connectivity index (χ2v) is 2.52. The van der Waals surface area contributed by atoms with Crippen LogP contribution in [0.5, 0.6) is 0 Å². The maximum atomic E-state index is 9.03. The van der Waals surface area contributed by atoms with Crippen molar-refractivity contribution in [1.29, 1.82) is 0 Å². The third kappa shape index (κ3) is 1.91. The van der Waals surface area contributed by atoms with Crippen molar-refractivity contribution in [2.45, 2.75) is 31.3 Å². The van der Waals surface area contributed by atoms with Crippen LogP contribution in [0.3, 0.4) is 0 Å². The molecule has 0 aromatic rings. The molecule has 0 aliphatic carbocycles. The topological polar surface area (TPSA) is 69.9 Å². The highest BCUT2D eigenvalue weighted by Gasteiger charge is 2.25. The van der Waals surface area contributed by atoms with Gasteiger partial charge < -0.3 is 20.1 Å². The molecule has 1 aliphatic rings. The Hall–Kier alpha value is -0.160. The number of rotatable bonds is 1. The number of aliphatic hydroxyl groups is 3. The van der Waals surface area contributed by atoms with Crippen LogP contribution in [0, 0.1) is 0 Å². The average molecular weight is 148 g/mol. The zero-order valence-electron chi connectivity index (χ0n) is 5.60. The number of hydrogen-bond donors (Lipinski definition) is 3. The van der Waals surface area contributed by atoms with Gasteiger partial charge in [-0.25, -0.2) is 0 Å². The predicted molar refractivity (Wildman–Crippen MR) is 33.2 cm³/mol. The molecule has 1 rings (SSSR count). The van der Waals surface area contributed by atoms with Gasteiger partial charge in [-0.15, -0.1) is 0 Å². The molecule has 0 aromatic heterocycles. The van der Waals surface area contributed by atoms with Gasteiger partial charge in [0.1, 0.15) is 0 Å². The number of aliphatic hydroxyl groups excluding tert-OH is 3. The fraction of sp³-hybridized carbons (Fsp3) is 1.00. The van der Waals surface area contributed by atoms with Crippen LogP contribution in [0.2, 0.25) is 0 Å². The first kappa shape index (κ1) is 7.94. The van der Waals surface area contributed by atoms with E-state index in [2.05, 4.69) is 0 Å². The molecule has 4 nitrogen and oxygen atoms in total. The molecule has 0 bridgehead atoms. The Balaban J connectivity index is 2.35. The minimum atomic E-state index is -0.916. The quantitative estimate of drug-likeness (QED) is 0.438. The molecule has 0 saturated carbocycles. The highest BCUT2D eigenvalue weighted by Crippen LogP contribution is 2.17. The lowest BCUT2D eigenvalue weighted by Gasteiger charge is -2.28. The van der Waals surface area contributed by atoms with Crippen molar-refractivity contribution < 1.29 is 20.1 Å². The minimum Gasteiger partial charge on any atom is -0.394 e. The van der Waals surface area contributed by atoms with E-state index in [4.69, 9.17) is 20.1 Å². The summed E-state index contributed by atoms with van der Waals surface area (Å²) in [5.74, 6) is 0. The van der Waals surface area contributed by atoms with Crippen LogP contribution >= 0.6 is 0 Å². The summed E-state index contributed by atoms with van der Waals surface area (Å²) < 4.78 is 4.85. The van der Waals surface area contributed by atoms with Crippen LogP contribution in [0.1, 0.15) is 12.8 Å². The normalized spacial score (nSPS) is 41.7. The maximum absolute atomic E-state index is 9.03. The van der Waals surface area contributed by atoms with Gasteiger partial charge in [0.05, 0.1) is 18.8 Å². The molecule has 2 unspecified atom stereocenters. The van der Waals surface area contributed by atoms with Gasteiger partial charge in [-0.3, -0.25) is 0 Å². The van der Waals surface area contributed by atoms with Crippen molar-refractivity contribution in [2.75, 3.05) is 6.61 Å². The molecule has 0 aromatic carbocycles. The van der Waals surface area contributed by atoms with Gasteiger partial charge in [-0.05, 0) is 0 Å². The van der Waals surface area contributed by atoms with E-state index in [1.54, 1.807) is 0 Å². The van der Waals surface area contributed by atoms with Crippen molar-refractivity contribution in [2.24, 2.45) is 0 Å². The fourth-order valence-electron chi connectivity index (χ4n) is 1.08. The van der Waals surface area contributed by atoms with E-state index in [-0.39, 0.29) is 13.0 Å². The van der Waals surface area contributed by atoms with Gasteiger partial charge in [0.2, 0.25) is 0 Å². The molecule has 0 amide bonds. The van der Waals surface area contributed by atoms with E-state index in [1.807, 2.05) is 0 Å². The van der Waals surface area contributed by atoms with E-state index >= 15 is 0 Å². The van der Waals surface area contributed by atoms with Crippen LogP contribution < -0.4 is 0 Å². The molecule has 1 heterocycles. The van der Waals surface area contributed by atoms with Crippen molar-refractivity contribution in [3.63, 3.8) is 0 Å². The first-order chi connectivity index (χ1) is 4.72. The molecule has 1 aliphatic heterocycles. The monoisotopic (exact) mass is 148 g/mol. The van der Waals surface area contributed by atoms with E-state index in [9.17, 15) is 0 Å². The molecule has 4 heteroatoms. The van der Waals surface area contributed by atoms with Gasteiger partial charge in [-0.1, -0.05) is 0 Å². The molecule has 60 valence electrons. The molecular weight excluding hydrogens is 136 g/mol. The summed E-state index contributed by atoms with van der Waals surface area (Å²) in [6.07, 6.45) is -1.20. The third-order valence-corrected chi connectivity index (χ3v) is 1.56. The summed E-state index contributed by atoms with van der Waals surface area (Å²) in [5.41, 5.74) is 0. The highest BCUT2D eigenvalue weighted by atomic mass is 16.6. The van der Waals surface area contributed by atoms with Gasteiger partial charge in [-0.2, -0.15) is 0 Å². The maximum Gasteiger partial charge on any atom is 0.157 e. The third-order valence-electron chi connectivity index (χ3n) is 1.56. The minimum absolute atomic E-state index is 0.145. The summed E-state index contributed by atoms with van der Waals surface area (Å²) in [4.78, 5) is 0. The van der Waals surface area contributed by atoms with E-state index < -0.39 is 18.5 Å². The summed E-state index contributed by atoms with van der Waals surface area (Å²) in [5, 5.41) is 26.5. The Morgan fingerprint density at radius 1 is 1.30 bits per heavy atom. The molecule has 3 atom stereocenters. The van der Waals surface area contributed by atoms with Crippen LogP contribution in [0.15, 0.2) is 0 Å².